The van der Waals surface area contributed by atoms with Crippen molar-refractivity contribution in [1.82, 2.24) is 5.32 Å². The van der Waals surface area contributed by atoms with Crippen LogP contribution in [0.25, 0.3) is 0 Å². The third kappa shape index (κ3) is 2.47. The first-order chi connectivity index (χ1) is 9.76. The first kappa shape index (κ1) is 13.6. The van der Waals surface area contributed by atoms with Gasteiger partial charge in [0.1, 0.15) is 0 Å². The Kier molecular flexibility index (Phi) is 3.79. The zero-order valence-corrected chi connectivity index (χ0v) is 11.8. The van der Waals surface area contributed by atoms with Crippen molar-refractivity contribution in [3.8, 4) is 0 Å². The molecule has 2 saturated carbocycles. The Morgan fingerprint density at radius 2 is 2.00 bits per heavy atom. The number of aliphatic hydroxyl groups excluding tert-OH is 1. The third-order valence-corrected chi connectivity index (χ3v) is 4.92. The predicted octanol–water partition coefficient (Wildman–Crippen LogP) is 2.39. The lowest BCUT2D eigenvalue weighted by molar-refractivity contribution is -0.131. The minimum absolute atomic E-state index is 0.153. The summed E-state index contributed by atoms with van der Waals surface area (Å²) in [5, 5.41) is 12.4. The van der Waals surface area contributed by atoms with Gasteiger partial charge >= 0.3 is 0 Å². The molecule has 2 aliphatic rings. The quantitative estimate of drug-likeness (QED) is 0.836. The Morgan fingerprint density at radius 3 is 2.50 bits per heavy atom. The van der Waals surface area contributed by atoms with Crippen LogP contribution in [0.5, 0.6) is 0 Å². The Morgan fingerprint density at radius 1 is 1.30 bits per heavy atom. The monoisotopic (exact) mass is 273 g/mol. The second-order valence-electron chi connectivity index (χ2n) is 6.23. The van der Waals surface area contributed by atoms with Crippen LogP contribution in [0.4, 0.5) is 0 Å². The molecular weight excluding hydrogens is 250 g/mol. The molecule has 0 heterocycles. The molecular formula is C17H23NO2. The first-order valence-corrected chi connectivity index (χ1v) is 7.73. The molecule has 0 aromatic heterocycles. The Balaban J connectivity index is 1.74. The number of carbonyl (C=O) groups excluding carboxylic acids is 1. The fourth-order valence-corrected chi connectivity index (χ4v) is 3.30. The van der Waals surface area contributed by atoms with Crippen LogP contribution in [0.15, 0.2) is 30.3 Å². The molecule has 2 fully saturated rings. The average Bonchev–Trinajstić information content (AvgIpc) is 3.22. The fraction of sp³-hybridized carbons (Fsp3) is 0.588. The predicted molar refractivity (Wildman–Crippen MR) is 78.3 cm³/mol. The van der Waals surface area contributed by atoms with Crippen LogP contribution in [-0.4, -0.2) is 23.7 Å². The van der Waals surface area contributed by atoms with Gasteiger partial charge in [-0.3, -0.25) is 4.79 Å². The smallest absolute Gasteiger partial charge is 0.230 e. The molecule has 0 bridgehead atoms. The summed E-state index contributed by atoms with van der Waals surface area (Å²) < 4.78 is 0. The van der Waals surface area contributed by atoms with Crippen molar-refractivity contribution in [2.24, 2.45) is 5.92 Å². The lowest BCUT2D eigenvalue weighted by Gasteiger charge is -2.41. The summed E-state index contributed by atoms with van der Waals surface area (Å²) >= 11 is 0. The molecule has 1 amide bonds. The van der Waals surface area contributed by atoms with E-state index in [-0.39, 0.29) is 24.0 Å². The number of nitrogens with one attached hydrogen (secondary N) is 1. The molecule has 1 aromatic rings. The standard InChI is InChI=1S/C17H23NO2/c19-12-9-15(13-7-8-13)18-16(20)17(10-4-11-17)14-5-2-1-3-6-14/h1-3,5-6,13,15,19H,4,7-12H2,(H,18,20)/t15-/m1/s1. The number of hydrogen-bond acceptors (Lipinski definition) is 2. The van der Waals surface area contributed by atoms with Gasteiger partial charge in [-0.1, -0.05) is 36.8 Å². The molecule has 20 heavy (non-hydrogen) atoms. The Bertz CT molecular complexity index is 463. The molecule has 0 saturated heterocycles. The number of carbonyl (C=O) groups is 1. The number of amides is 1. The van der Waals surface area contributed by atoms with Crippen LogP contribution in [0.1, 0.15) is 44.1 Å². The molecule has 0 unspecified atom stereocenters. The van der Waals surface area contributed by atoms with Crippen molar-refractivity contribution in [3.63, 3.8) is 0 Å². The van der Waals surface area contributed by atoms with Gasteiger partial charge in [-0.15, -0.1) is 0 Å². The molecule has 108 valence electrons. The van der Waals surface area contributed by atoms with Gasteiger partial charge in [0.15, 0.2) is 0 Å². The van der Waals surface area contributed by atoms with E-state index < -0.39 is 0 Å². The highest BCUT2D eigenvalue weighted by molar-refractivity contribution is 5.89. The third-order valence-electron chi connectivity index (χ3n) is 4.92. The van der Waals surface area contributed by atoms with Crippen LogP contribution >= 0.6 is 0 Å². The summed E-state index contributed by atoms with van der Waals surface area (Å²) in [6.45, 7) is 0.153. The van der Waals surface area contributed by atoms with Crippen LogP contribution in [0.2, 0.25) is 0 Å². The fourth-order valence-electron chi connectivity index (χ4n) is 3.30. The second kappa shape index (κ2) is 5.57. The molecule has 0 radical (unpaired) electrons. The van der Waals surface area contributed by atoms with Crippen LogP contribution in [0, 0.1) is 5.92 Å². The van der Waals surface area contributed by atoms with Crippen molar-refractivity contribution in [2.75, 3.05) is 6.61 Å². The van der Waals surface area contributed by atoms with E-state index in [1.54, 1.807) is 0 Å². The molecule has 0 spiro atoms. The van der Waals surface area contributed by atoms with E-state index in [2.05, 4.69) is 17.4 Å². The van der Waals surface area contributed by atoms with Crippen LogP contribution < -0.4 is 5.32 Å². The summed E-state index contributed by atoms with van der Waals surface area (Å²) in [7, 11) is 0. The molecule has 3 heteroatoms. The van der Waals surface area contributed by atoms with Gasteiger partial charge in [-0.05, 0) is 43.6 Å². The molecule has 3 nitrogen and oxygen atoms in total. The summed E-state index contributed by atoms with van der Waals surface area (Å²) in [5.74, 6) is 0.749. The lowest BCUT2D eigenvalue weighted by atomic mass is 9.63. The highest BCUT2D eigenvalue weighted by Gasteiger charge is 2.46. The molecule has 3 rings (SSSR count). The summed E-state index contributed by atoms with van der Waals surface area (Å²) in [4.78, 5) is 12.8. The lowest BCUT2D eigenvalue weighted by Crippen LogP contribution is -2.52. The van der Waals surface area contributed by atoms with Gasteiger partial charge in [0.2, 0.25) is 5.91 Å². The van der Waals surface area contributed by atoms with E-state index in [4.69, 9.17) is 5.11 Å². The van der Waals surface area contributed by atoms with Crippen molar-refractivity contribution in [2.45, 2.75) is 50.0 Å². The van der Waals surface area contributed by atoms with Crippen molar-refractivity contribution in [3.05, 3.63) is 35.9 Å². The highest BCUT2D eigenvalue weighted by atomic mass is 16.3. The van der Waals surface area contributed by atoms with Crippen LogP contribution in [0.3, 0.4) is 0 Å². The second-order valence-corrected chi connectivity index (χ2v) is 6.23. The highest BCUT2D eigenvalue weighted by Crippen LogP contribution is 2.44. The van der Waals surface area contributed by atoms with Crippen molar-refractivity contribution < 1.29 is 9.90 Å². The number of hydrogen-bond donors (Lipinski definition) is 2. The van der Waals surface area contributed by atoms with E-state index in [9.17, 15) is 4.79 Å². The summed E-state index contributed by atoms with van der Waals surface area (Å²) in [6, 6.07) is 10.3. The van der Waals surface area contributed by atoms with Gasteiger partial charge in [0, 0.05) is 12.6 Å². The maximum atomic E-state index is 12.8. The van der Waals surface area contributed by atoms with Crippen molar-refractivity contribution in [1.29, 1.82) is 0 Å². The summed E-state index contributed by atoms with van der Waals surface area (Å²) in [6.07, 6.45) is 6.06. The normalized spacial score (nSPS) is 21.9. The van der Waals surface area contributed by atoms with E-state index in [1.165, 1.54) is 12.8 Å². The molecule has 1 aromatic carbocycles. The van der Waals surface area contributed by atoms with Crippen LogP contribution in [-0.2, 0) is 10.2 Å². The van der Waals surface area contributed by atoms with Gasteiger partial charge in [0.05, 0.1) is 5.41 Å². The van der Waals surface area contributed by atoms with Gasteiger partial charge in [-0.2, -0.15) is 0 Å². The maximum absolute atomic E-state index is 12.8. The largest absolute Gasteiger partial charge is 0.396 e. The minimum Gasteiger partial charge on any atom is -0.396 e. The van der Waals surface area contributed by atoms with E-state index >= 15 is 0 Å². The maximum Gasteiger partial charge on any atom is 0.230 e. The average molecular weight is 273 g/mol. The van der Waals surface area contributed by atoms with E-state index in [0.717, 1.165) is 24.8 Å². The van der Waals surface area contributed by atoms with Crippen molar-refractivity contribution >= 4 is 5.91 Å². The first-order valence-electron chi connectivity index (χ1n) is 7.73. The topological polar surface area (TPSA) is 49.3 Å². The Hall–Kier alpha value is -1.35. The Labute approximate surface area is 120 Å². The van der Waals surface area contributed by atoms with E-state index in [0.29, 0.717) is 12.3 Å². The van der Waals surface area contributed by atoms with Gasteiger partial charge in [0.25, 0.3) is 0 Å². The number of aliphatic hydroxyl groups is 1. The van der Waals surface area contributed by atoms with Gasteiger partial charge in [-0.25, -0.2) is 0 Å². The molecule has 2 aliphatic carbocycles. The zero-order chi connectivity index (χ0) is 14.0. The van der Waals surface area contributed by atoms with Gasteiger partial charge < -0.3 is 10.4 Å². The SMILES string of the molecule is O=C(N[C@H](CCO)C1CC1)C1(c2ccccc2)CCC1. The molecule has 1 atom stereocenters. The molecule has 2 N–H and O–H groups in total. The zero-order valence-electron chi connectivity index (χ0n) is 11.8. The summed E-state index contributed by atoms with van der Waals surface area (Å²) in [5.41, 5.74) is 0.825. The minimum atomic E-state index is -0.316. The van der Waals surface area contributed by atoms with E-state index in [1.807, 2.05) is 18.2 Å². The molecule has 0 aliphatic heterocycles. The number of benzene rings is 1. The number of rotatable bonds is 6.